The molecule has 0 unspecified atom stereocenters. The number of likely N-dealkylation sites (N-methyl/N-ethyl adjacent to an activating group) is 1. The molecule has 14 heavy (non-hydrogen) atoms. The second kappa shape index (κ2) is 6.01. The maximum Gasteiger partial charge on any atom is 0.0406 e. The van der Waals surface area contributed by atoms with Gasteiger partial charge in [-0.25, -0.2) is 0 Å². The van der Waals surface area contributed by atoms with Crippen molar-refractivity contribution in [3.63, 3.8) is 0 Å². The van der Waals surface area contributed by atoms with Crippen LogP contribution < -0.4 is 5.32 Å². The minimum atomic E-state index is 0.891. The topological polar surface area (TPSA) is 12.0 Å². The first-order valence-electron chi connectivity index (χ1n) is 3.99. The molecule has 0 aliphatic rings. The summed E-state index contributed by atoms with van der Waals surface area (Å²) in [5.41, 5.74) is 2.08. The first-order chi connectivity index (χ1) is 6.77. The van der Waals surface area contributed by atoms with E-state index in [4.69, 9.17) is 12.2 Å². The van der Waals surface area contributed by atoms with E-state index in [-0.39, 0.29) is 0 Å². The molecule has 4 heteroatoms. The Morgan fingerprint density at radius 1 is 1.71 bits per heavy atom. The summed E-state index contributed by atoms with van der Waals surface area (Å²) in [5, 5.41) is 7.16. The van der Waals surface area contributed by atoms with E-state index in [0.29, 0.717) is 0 Å². The van der Waals surface area contributed by atoms with Gasteiger partial charge in [-0.1, -0.05) is 30.6 Å². The van der Waals surface area contributed by atoms with Crippen LogP contribution in [-0.4, -0.2) is 11.7 Å². The molecule has 0 saturated heterocycles. The van der Waals surface area contributed by atoms with Crippen molar-refractivity contribution in [2.45, 2.75) is 0 Å². The quantitative estimate of drug-likeness (QED) is 0.626. The van der Waals surface area contributed by atoms with E-state index < -0.39 is 0 Å². The van der Waals surface area contributed by atoms with Crippen LogP contribution in [0.4, 0.5) is 0 Å². The van der Waals surface area contributed by atoms with Crippen molar-refractivity contribution in [3.8, 4) is 0 Å². The van der Waals surface area contributed by atoms with Crippen LogP contribution in [0.1, 0.15) is 5.56 Å². The highest BCUT2D eigenvalue weighted by molar-refractivity contribution is 8.23. The van der Waals surface area contributed by atoms with Crippen LogP contribution in [-0.2, 0) is 0 Å². The average molecular weight is 241 g/mol. The van der Waals surface area contributed by atoms with E-state index in [1.807, 2.05) is 12.4 Å². The summed E-state index contributed by atoms with van der Waals surface area (Å²) < 4.78 is 1.64. The predicted molar refractivity (Wildman–Crippen MR) is 71.7 cm³/mol. The number of rotatable bonds is 5. The first kappa shape index (κ1) is 11.5. The third-order valence-corrected chi connectivity index (χ3v) is 3.32. The van der Waals surface area contributed by atoms with Gasteiger partial charge in [0.15, 0.2) is 0 Å². The first-order valence-corrected chi connectivity index (χ1v) is 6.28. The van der Waals surface area contributed by atoms with Gasteiger partial charge < -0.3 is 5.32 Å². The molecule has 1 heterocycles. The van der Waals surface area contributed by atoms with Crippen molar-refractivity contribution in [2.24, 2.45) is 0 Å². The summed E-state index contributed by atoms with van der Waals surface area (Å²) in [4.78, 5) is 1.06. The fourth-order valence-corrected chi connectivity index (χ4v) is 2.36. The molecule has 0 bridgehead atoms. The van der Waals surface area contributed by atoms with Crippen molar-refractivity contribution in [1.82, 2.24) is 5.32 Å². The van der Waals surface area contributed by atoms with Crippen molar-refractivity contribution in [1.29, 1.82) is 0 Å². The van der Waals surface area contributed by atoms with Gasteiger partial charge in [-0.3, -0.25) is 0 Å². The minimum absolute atomic E-state index is 0.891. The lowest BCUT2D eigenvalue weighted by molar-refractivity contribution is 1.04. The molecule has 0 atom stereocenters. The maximum absolute atomic E-state index is 4.82. The van der Waals surface area contributed by atoms with Gasteiger partial charge in [0.2, 0.25) is 0 Å². The van der Waals surface area contributed by atoms with Gasteiger partial charge in [0, 0.05) is 22.3 Å². The molecule has 0 amide bonds. The van der Waals surface area contributed by atoms with Crippen molar-refractivity contribution in [2.75, 3.05) is 7.05 Å². The van der Waals surface area contributed by atoms with E-state index in [1.54, 1.807) is 16.0 Å². The van der Waals surface area contributed by atoms with Crippen LogP contribution in [0.15, 0.2) is 34.0 Å². The summed E-state index contributed by atoms with van der Waals surface area (Å²) in [7, 11) is 1.85. The molecule has 1 nitrogen and oxygen atoms in total. The molecule has 0 saturated carbocycles. The molecule has 0 aromatic carbocycles. The van der Waals surface area contributed by atoms with Gasteiger partial charge in [-0.2, -0.15) is 11.3 Å². The zero-order chi connectivity index (χ0) is 10.4. The molecule has 0 spiro atoms. The number of hydrogen-bond donors (Lipinski definition) is 1. The number of thiophene rings is 1. The van der Waals surface area contributed by atoms with Crippen LogP contribution in [0.2, 0.25) is 0 Å². The molecule has 74 valence electrons. The molecular weight excluding hydrogens is 230 g/mol. The van der Waals surface area contributed by atoms with E-state index in [0.717, 1.165) is 10.6 Å². The largest absolute Gasteiger partial charge is 0.388 e. The van der Waals surface area contributed by atoms with Crippen LogP contribution in [0.5, 0.6) is 0 Å². The number of thiocarbonyl (C=S) groups is 1. The van der Waals surface area contributed by atoms with Gasteiger partial charge in [0.1, 0.15) is 0 Å². The van der Waals surface area contributed by atoms with Gasteiger partial charge in [-0.05, 0) is 28.5 Å². The average Bonchev–Trinajstić information content (AvgIpc) is 2.68. The molecule has 1 N–H and O–H groups in total. The van der Waals surface area contributed by atoms with E-state index in [9.17, 15) is 0 Å². The lowest BCUT2D eigenvalue weighted by Crippen LogP contribution is -2.04. The third-order valence-electron chi connectivity index (χ3n) is 1.62. The highest BCUT2D eigenvalue weighted by Crippen LogP contribution is 2.23. The molecule has 0 radical (unpaired) electrons. The zero-order valence-corrected chi connectivity index (χ0v) is 10.3. The van der Waals surface area contributed by atoms with E-state index in [1.165, 1.54) is 17.3 Å². The Hall–Kier alpha value is -0.580. The molecule has 0 aliphatic heterocycles. The fraction of sp³-hybridized carbons (Fsp3) is 0.100. The summed E-state index contributed by atoms with van der Waals surface area (Å²) in [6, 6.07) is 2.07. The van der Waals surface area contributed by atoms with Gasteiger partial charge in [-0.15, -0.1) is 0 Å². The molecule has 0 fully saturated rings. The van der Waals surface area contributed by atoms with Crippen molar-refractivity contribution in [3.05, 3.63) is 39.6 Å². The number of thioether (sulfide) groups is 1. The molecular formula is C10H11NS3. The van der Waals surface area contributed by atoms with Crippen molar-refractivity contribution >= 4 is 46.1 Å². The Morgan fingerprint density at radius 3 is 3.00 bits per heavy atom. The SMILES string of the molecule is C=C(NC)/C(=C/c1ccsc1)SC=S. The van der Waals surface area contributed by atoms with Crippen molar-refractivity contribution < 1.29 is 0 Å². The molecule has 1 rings (SSSR count). The molecule has 0 aliphatic carbocycles. The fourth-order valence-electron chi connectivity index (χ4n) is 0.876. The Bertz CT molecular complexity index is 338. The summed E-state index contributed by atoms with van der Waals surface area (Å²) >= 11 is 8.00. The Balaban J connectivity index is 2.86. The zero-order valence-electron chi connectivity index (χ0n) is 7.82. The van der Waals surface area contributed by atoms with E-state index in [2.05, 4.69) is 29.4 Å². The van der Waals surface area contributed by atoms with Gasteiger partial charge in [0.05, 0.1) is 0 Å². The molecule has 1 aromatic rings. The second-order valence-electron chi connectivity index (χ2n) is 2.51. The standard InChI is InChI=1S/C10H11NS3/c1-8(11-2)10(14-7-12)5-9-3-4-13-6-9/h3-7,11H,1H2,2H3/b10-5-. The van der Waals surface area contributed by atoms with Crippen LogP contribution >= 0.6 is 35.3 Å². The second-order valence-corrected chi connectivity index (χ2v) is 4.73. The lowest BCUT2D eigenvalue weighted by Gasteiger charge is -2.06. The Kier molecular flexibility index (Phi) is 4.93. The van der Waals surface area contributed by atoms with Gasteiger partial charge >= 0.3 is 0 Å². The highest BCUT2D eigenvalue weighted by Gasteiger charge is 2.00. The van der Waals surface area contributed by atoms with Gasteiger partial charge in [0.25, 0.3) is 0 Å². The minimum Gasteiger partial charge on any atom is -0.388 e. The molecule has 1 aromatic heterocycles. The number of nitrogens with one attached hydrogen (secondary N) is 1. The van der Waals surface area contributed by atoms with E-state index >= 15 is 0 Å². The highest BCUT2D eigenvalue weighted by atomic mass is 32.2. The Morgan fingerprint density at radius 2 is 2.50 bits per heavy atom. The predicted octanol–water partition coefficient (Wildman–Crippen LogP) is 3.51. The lowest BCUT2D eigenvalue weighted by atomic mass is 10.3. The third kappa shape index (κ3) is 3.29. The summed E-state index contributed by atoms with van der Waals surface area (Å²) in [6.45, 7) is 3.91. The van der Waals surface area contributed by atoms with Crippen LogP contribution in [0.3, 0.4) is 0 Å². The van der Waals surface area contributed by atoms with Crippen LogP contribution in [0.25, 0.3) is 6.08 Å². The summed E-state index contributed by atoms with van der Waals surface area (Å²) in [6.07, 6.45) is 2.07. The monoisotopic (exact) mass is 241 g/mol. The number of hydrogen-bond acceptors (Lipinski definition) is 4. The Labute approximate surface area is 97.9 Å². The van der Waals surface area contributed by atoms with Crippen LogP contribution in [0, 0.1) is 0 Å². The normalized spacial score (nSPS) is 11.1. The smallest absolute Gasteiger partial charge is 0.0406 e. The maximum atomic E-state index is 4.82. The summed E-state index contributed by atoms with van der Waals surface area (Å²) in [5.74, 6) is 0.